The van der Waals surface area contributed by atoms with Gasteiger partial charge in [0.05, 0.1) is 18.8 Å². The van der Waals surface area contributed by atoms with Crippen LogP contribution in [0.15, 0.2) is 12.1 Å². The number of benzene rings is 1. The van der Waals surface area contributed by atoms with E-state index in [2.05, 4.69) is 4.74 Å². The van der Waals surface area contributed by atoms with Gasteiger partial charge in [-0.25, -0.2) is 9.18 Å². The van der Waals surface area contributed by atoms with Crippen molar-refractivity contribution in [1.29, 1.82) is 0 Å². The highest BCUT2D eigenvalue weighted by Gasteiger charge is 2.14. The standard InChI is InChI=1S/C13H17FO4/c1-4-10(15)7-18-12-6-9(13(16)17-3)5-11(14)8(12)2/h5-6,10,15H,4,7H2,1-3H3/t10-/m1/s1. The summed E-state index contributed by atoms with van der Waals surface area (Å²) in [5.41, 5.74) is 0.382. The molecule has 5 heteroatoms. The van der Waals surface area contributed by atoms with Gasteiger partial charge in [-0.1, -0.05) is 6.92 Å². The van der Waals surface area contributed by atoms with Crippen LogP contribution >= 0.6 is 0 Å². The van der Waals surface area contributed by atoms with Crippen LogP contribution in [-0.4, -0.2) is 30.9 Å². The van der Waals surface area contributed by atoms with Gasteiger partial charge in [0.2, 0.25) is 0 Å². The van der Waals surface area contributed by atoms with Crippen molar-refractivity contribution in [2.24, 2.45) is 0 Å². The maximum absolute atomic E-state index is 13.6. The number of aliphatic hydroxyl groups excluding tert-OH is 1. The second-order valence-electron chi connectivity index (χ2n) is 3.95. The zero-order chi connectivity index (χ0) is 13.7. The number of halogens is 1. The molecule has 1 aromatic rings. The van der Waals surface area contributed by atoms with Crippen molar-refractivity contribution >= 4 is 5.97 Å². The lowest BCUT2D eigenvalue weighted by molar-refractivity contribution is 0.0599. The van der Waals surface area contributed by atoms with Crippen LogP contribution in [0.2, 0.25) is 0 Å². The number of ether oxygens (including phenoxy) is 2. The molecular weight excluding hydrogens is 239 g/mol. The Bertz CT molecular complexity index is 431. The number of carbonyl (C=O) groups excluding carboxylic acids is 1. The molecule has 0 aromatic heterocycles. The highest BCUT2D eigenvalue weighted by molar-refractivity contribution is 5.90. The van der Waals surface area contributed by atoms with E-state index in [1.165, 1.54) is 13.2 Å². The first-order valence-corrected chi connectivity index (χ1v) is 5.68. The predicted octanol–water partition coefficient (Wildman–Crippen LogP) is 2.07. The summed E-state index contributed by atoms with van der Waals surface area (Å²) in [7, 11) is 1.22. The molecule has 1 rings (SSSR count). The molecule has 0 fully saturated rings. The van der Waals surface area contributed by atoms with Crippen LogP contribution in [0.3, 0.4) is 0 Å². The number of hydrogen-bond acceptors (Lipinski definition) is 4. The smallest absolute Gasteiger partial charge is 0.338 e. The lowest BCUT2D eigenvalue weighted by atomic mass is 10.1. The van der Waals surface area contributed by atoms with E-state index in [9.17, 15) is 14.3 Å². The maximum Gasteiger partial charge on any atom is 0.338 e. The topological polar surface area (TPSA) is 55.8 Å². The number of hydrogen-bond donors (Lipinski definition) is 1. The maximum atomic E-state index is 13.6. The van der Waals surface area contributed by atoms with E-state index < -0.39 is 17.9 Å². The Kier molecular flexibility index (Phi) is 5.09. The van der Waals surface area contributed by atoms with E-state index in [0.29, 0.717) is 12.0 Å². The summed E-state index contributed by atoms with van der Waals surface area (Å²) in [6.07, 6.45) is -0.0765. The summed E-state index contributed by atoms with van der Waals surface area (Å²) < 4.78 is 23.4. The van der Waals surface area contributed by atoms with Gasteiger partial charge >= 0.3 is 5.97 Å². The quantitative estimate of drug-likeness (QED) is 0.819. The number of rotatable bonds is 5. The van der Waals surface area contributed by atoms with E-state index in [1.54, 1.807) is 6.92 Å². The Labute approximate surface area is 105 Å². The van der Waals surface area contributed by atoms with Gasteiger partial charge in [0.15, 0.2) is 0 Å². The first-order chi connectivity index (χ1) is 8.49. The van der Waals surface area contributed by atoms with Crippen LogP contribution in [0.4, 0.5) is 4.39 Å². The molecule has 0 heterocycles. The lowest BCUT2D eigenvalue weighted by Gasteiger charge is -2.13. The minimum absolute atomic E-state index is 0.0570. The molecule has 0 radical (unpaired) electrons. The van der Waals surface area contributed by atoms with Crippen molar-refractivity contribution in [3.05, 3.63) is 29.1 Å². The molecule has 0 saturated carbocycles. The number of esters is 1. The fraction of sp³-hybridized carbons (Fsp3) is 0.462. The van der Waals surface area contributed by atoms with Crippen LogP contribution in [0, 0.1) is 12.7 Å². The van der Waals surface area contributed by atoms with Gasteiger partial charge in [-0.05, 0) is 25.5 Å². The van der Waals surface area contributed by atoms with Crippen molar-refractivity contribution in [3.63, 3.8) is 0 Å². The zero-order valence-electron chi connectivity index (χ0n) is 10.7. The third kappa shape index (κ3) is 3.43. The van der Waals surface area contributed by atoms with Gasteiger partial charge in [0.25, 0.3) is 0 Å². The van der Waals surface area contributed by atoms with E-state index in [-0.39, 0.29) is 17.9 Å². The predicted molar refractivity (Wildman–Crippen MR) is 64.3 cm³/mol. The Balaban J connectivity index is 2.95. The molecule has 0 spiro atoms. The number of methoxy groups -OCH3 is 1. The van der Waals surface area contributed by atoms with E-state index >= 15 is 0 Å². The molecule has 0 aliphatic carbocycles. The fourth-order valence-electron chi connectivity index (χ4n) is 1.34. The van der Waals surface area contributed by atoms with Crippen LogP contribution in [0.1, 0.15) is 29.3 Å². The summed E-state index contributed by atoms with van der Waals surface area (Å²) in [4.78, 5) is 11.3. The monoisotopic (exact) mass is 256 g/mol. The first kappa shape index (κ1) is 14.4. The van der Waals surface area contributed by atoms with Crippen LogP contribution < -0.4 is 4.74 Å². The van der Waals surface area contributed by atoms with Crippen molar-refractivity contribution < 1.29 is 23.8 Å². The number of aliphatic hydroxyl groups is 1. The van der Waals surface area contributed by atoms with Crippen LogP contribution in [-0.2, 0) is 4.74 Å². The second-order valence-corrected chi connectivity index (χ2v) is 3.95. The van der Waals surface area contributed by atoms with E-state index in [1.807, 2.05) is 6.92 Å². The second kappa shape index (κ2) is 6.35. The molecule has 1 aromatic carbocycles. The van der Waals surface area contributed by atoms with Crippen molar-refractivity contribution in [2.45, 2.75) is 26.4 Å². The molecule has 100 valence electrons. The summed E-state index contributed by atoms with van der Waals surface area (Å²) in [5, 5.41) is 9.39. The Morgan fingerprint density at radius 1 is 1.50 bits per heavy atom. The largest absolute Gasteiger partial charge is 0.490 e. The summed E-state index contributed by atoms with van der Waals surface area (Å²) in [5.74, 6) is -0.934. The van der Waals surface area contributed by atoms with Crippen molar-refractivity contribution in [1.82, 2.24) is 0 Å². The Morgan fingerprint density at radius 3 is 2.72 bits per heavy atom. The molecule has 0 saturated heterocycles. The molecule has 1 atom stereocenters. The minimum atomic E-state index is -0.630. The molecule has 0 aliphatic heterocycles. The third-order valence-electron chi connectivity index (χ3n) is 2.62. The van der Waals surface area contributed by atoms with Crippen LogP contribution in [0.25, 0.3) is 0 Å². The van der Waals surface area contributed by atoms with Gasteiger partial charge in [0, 0.05) is 5.56 Å². The lowest BCUT2D eigenvalue weighted by Crippen LogP contribution is -2.17. The highest BCUT2D eigenvalue weighted by Crippen LogP contribution is 2.23. The fourth-order valence-corrected chi connectivity index (χ4v) is 1.34. The van der Waals surface area contributed by atoms with Crippen molar-refractivity contribution in [2.75, 3.05) is 13.7 Å². The molecule has 0 aliphatic rings. The Morgan fingerprint density at radius 2 is 2.17 bits per heavy atom. The SMILES string of the molecule is CC[C@@H](O)COc1cc(C(=O)OC)cc(F)c1C. The average Bonchev–Trinajstić information content (AvgIpc) is 2.38. The molecule has 1 N–H and O–H groups in total. The summed E-state index contributed by atoms with van der Waals surface area (Å²) in [6.45, 7) is 3.41. The van der Waals surface area contributed by atoms with Crippen LogP contribution in [0.5, 0.6) is 5.75 Å². The van der Waals surface area contributed by atoms with Crippen molar-refractivity contribution in [3.8, 4) is 5.75 Å². The molecule has 0 unspecified atom stereocenters. The number of carbonyl (C=O) groups is 1. The van der Waals surface area contributed by atoms with Gasteiger partial charge in [0.1, 0.15) is 18.2 Å². The third-order valence-corrected chi connectivity index (χ3v) is 2.62. The van der Waals surface area contributed by atoms with Gasteiger partial charge in [-0.3, -0.25) is 0 Å². The molecule has 0 amide bonds. The van der Waals surface area contributed by atoms with Gasteiger partial charge in [-0.2, -0.15) is 0 Å². The first-order valence-electron chi connectivity index (χ1n) is 5.68. The summed E-state index contributed by atoms with van der Waals surface area (Å²) >= 11 is 0. The molecule has 0 bridgehead atoms. The zero-order valence-corrected chi connectivity index (χ0v) is 10.7. The highest BCUT2D eigenvalue weighted by atomic mass is 19.1. The Hall–Kier alpha value is -1.62. The normalized spacial score (nSPS) is 12.1. The minimum Gasteiger partial charge on any atom is -0.490 e. The summed E-state index contributed by atoms with van der Waals surface area (Å²) in [6, 6.07) is 2.51. The average molecular weight is 256 g/mol. The molecular formula is C13H17FO4. The molecule has 18 heavy (non-hydrogen) atoms. The van der Waals surface area contributed by atoms with Gasteiger partial charge < -0.3 is 14.6 Å². The van der Waals surface area contributed by atoms with E-state index in [0.717, 1.165) is 6.07 Å². The molecule has 4 nitrogen and oxygen atoms in total. The van der Waals surface area contributed by atoms with E-state index in [4.69, 9.17) is 4.74 Å². The van der Waals surface area contributed by atoms with Gasteiger partial charge in [-0.15, -0.1) is 0 Å².